The number of ether oxygens (including phenoxy) is 2. The van der Waals surface area contributed by atoms with E-state index in [1.807, 2.05) is 6.07 Å². The van der Waals surface area contributed by atoms with Gasteiger partial charge in [-0.3, -0.25) is 0 Å². The average molecular weight is 357 g/mol. The van der Waals surface area contributed by atoms with Gasteiger partial charge in [-0.05, 0) is 56.7 Å². The molecular formula is C23H32O3. The van der Waals surface area contributed by atoms with E-state index in [-0.39, 0.29) is 5.92 Å². The second-order valence-electron chi connectivity index (χ2n) is 8.64. The lowest BCUT2D eigenvalue weighted by Crippen LogP contribution is -2.46. The molecular weight excluding hydrogens is 324 g/mol. The molecule has 0 saturated heterocycles. The van der Waals surface area contributed by atoms with E-state index in [4.69, 9.17) is 9.47 Å². The van der Waals surface area contributed by atoms with Crippen molar-refractivity contribution in [2.24, 2.45) is 0 Å². The number of aromatic hydroxyl groups is 1. The topological polar surface area (TPSA) is 38.7 Å². The Kier molecular flexibility index (Phi) is 4.77. The molecule has 2 atom stereocenters. The molecule has 2 fully saturated rings. The van der Waals surface area contributed by atoms with Crippen LogP contribution in [-0.4, -0.2) is 18.0 Å². The molecule has 0 radical (unpaired) electrons. The zero-order valence-electron chi connectivity index (χ0n) is 16.4. The molecule has 0 spiro atoms. The van der Waals surface area contributed by atoms with Gasteiger partial charge in [-0.15, -0.1) is 0 Å². The molecule has 2 unspecified atom stereocenters. The zero-order chi connectivity index (χ0) is 18.3. The molecule has 2 bridgehead atoms. The molecule has 1 aromatic rings. The molecule has 1 aliphatic heterocycles. The highest BCUT2D eigenvalue weighted by Gasteiger charge is 2.47. The van der Waals surface area contributed by atoms with E-state index in [0.29, 0.717) is 11.7 Å². The van der Waals surface area contributed by atoms with Crippen LogP contribution < -0.4 is 4.74 Å². The average Bonchev–Trinajstić information content (AvgIpc) is 2.90. The van der Waals surface area contributed by atoms with Crippen molar-refractivity contribution in [1.82, 2.24) is 0 Å². The van der Waals surface area contributed by atoms with Crippen molar-refractivity contribution in [3.8, 4) is 11.5 Å². The number of phenolic OH excluding ortho intramolecular Hbond substituents is 1. The molecule has 2 aliphatic carbocycles. The summed E-state index contributed by atoms with van der Waals surface area (Å²) in [4.78, 5) is 0. The first-order valence-electron chi connectivity index (χ1n) is 10.3. The Morgan fingerprint density at radius 2 is 1.88 bits per heavy atom. The van der Waals surface area contributed by atoms with Crippen LogP contribution >= 0.6 is 0 Å². The van der Waals surface area contributed by atoms with Crippen LogP contribution in [0.15, 0.2) is 23.3 Å². The minimum absolute atomic E-state index is 0.209. The second-order valence-corrected chi connectivity index (χ2v) is 8.64. The number of rotatable bonds is 2. The van der Waals surface area contributed by atoms with Gasteiger partial charge >= 0.3 is 0 Å². The van der Waals surface area contributed by atoms with Crippen LogP contribution in [0.2, 0.25) is 0 Å². The monoisotopic (exact) mass is 356 g/mol. The third-order valence-electron chi connectivity index (χ3n) is 6.84. The van der Waals surface area contributed by atoms with Crippen molar-refractivity contribution < 1.29 is 14.6 Å². The third-order valence-corrected chi connectivity index (χ3v) is 6.84. The first-order valence-corrected chi connectivity index (χ1v) is 10.3. The Bertz CT molecular complexity index is 708. The smallest absolute Gasteiger partial charge is 0.211 e. The predicted molar refractivity (Wildman–Crippen MR) is 104 cm³/mol. The lowest BCUT2D eigenvalue weighted by atomic mass is 9.72. The molecule has 4 rings (SSSR count). The van der Waals surface area contributed by atoms with Crippen molar-refractivity contribution >= 4 is 0 Å². The number of allylic oxidation sites excluding steroid dienone is 2. The number of methoxy groups -OCH3 is 1. The lowest BCUT2D eigenvalue weighted by molar-refractivity contribution is -0.189. The van der Waals surface area contributed by atoms with E-state index < -0.39 is 5.79 Å². The molecule has 1 N–H and O–H groups in total. The van der Waals surface area contributed by atoms with Crippen molar-refractivity contribution in [1.29, 1.82) is 0 Å². The Morgan fingerprint density at radius 1 is 1.15 bits per heavy atom. The summed E-state index contributed by atoms with van der Waals surface area (Å²) in [6.45, 7) is 4.36. The third kappa shape index (κ3) is 3.05. The van der Waals surface area contributed by atoms with Crippen LogP contribution in [0.3, 0.4) is 0 Å². The minimum atomic E-state index is -0.537. The van der Waals surface area contributed by atoms with E-state index >= 15 is 0 Å². The van der Waals surface area contributed by atoms with Crippen molar-refractivity contribution in [2.75, 3.05) is 7.11 Å². The fourth-order valence-electron chi connectivity index (χ4n) is 5.35. The van der Waals surface area contributed by atoms with E-state index in [9.17, 15) is 5.11 Å². The largest absolute Gasteiger partial charge is 0.507 e. The Balaban J connectivity index is 1.78. The van der Waals surface area contributed by atoms with Gasteiger partial charge in [0.2, 0.25) is 5.79 Å². The van der Waals surface area contributed by atoms with Gasteiger partial charge in [-0.2, -0.15) is 0 Å². The first-order chi connectivity index (χ1) is 12.5. The molecule has 3 heteroatoms. The van der Waals surface area contributed by atoms with Gasteiger partial charge < -0.3 is 14.6 Å². The summed E-state index contributed by atoms with van der Waals surface area (Å²) in [5, 5.41) is 11.0. The van der Waals surface area contributed by atoms with Crippen LogP contribution in [-0.2, 0) is 4.74 Å². The van der Waals surface area contributed by atoms with Crippen LogP contribution in [0.5, 0.6) is 11.5 Å². The highest BCUT2D eigenvalue weighted by Crippen LogP contribution is 2.55. The summed E-state index contributed by atoms with van der Waals surface area (Å²) in [5.41, 5.74) is 5.03. The standard InChI is InChI=1S/C23H32O3/c1-15(2)18-10-11-23(25-3)14-19(18)22-20(24)12-17(13-21(22)26-23)16-8-6-4-5-7-9-16/h12-13,16,19,24H,4-11,14H2,1-3H3. The normalized spacial score (nSPS) is 28.9. The highest BCUT2D eigenvalue weighted by atomic mass is 16.7. The van der Waals surface area contributed by atoms with Crippen LogP contribution in [0.25, 0.3) is 0 Å². The fourth-order valence-corrected chi connectivity index (χ4v) is 5.35. The van der Waals surface area contributed by atoms with E-state index in [0.717, 1.165) is 30.6 Å². The minimum Gasteiger partial charge on any atom is -0.507 e. The molecule has 3 nitrogen and oxygen atoms in total. The summed E-state index contributed by atoms with van der Waals surface area (Å²) >= 11 is 0. The quantitative estimate of drug-likeness (QED) is 0.509. The number of fused-ring (bicyclic) bond motifs is 4. The summed E-state index contributed by atoms with van der Waals surface area (Å²) in [6, 6.07) is 4.23. The Hall–Kier alpha value is -1.48. The maximum absolute atomic E-state index is 11.0. The van der Waals surface area contributed by atoms with Crippen molar-refractivity contribution in [2.45, 2.75) is 89.3 Å². The van der Waals surface area contributed by atoms with E-state index in [2.05, 4.69) is 19.9 Å². The summed E-state index contributed by atoms with van der Waals surface area (Å²) in [7, 11) is 1.75. The van der Waals surface area contributed by atoms with Crippen molar-refractivity contribution in [3.05, 3.63) is 34.4 Å². The number of hydrogen-bond donors (Lipinski definition) is 1. The maximum Gasteiger partial charge on any atom is 0.211 e. The lowest BCUT2D eigenvalue weighted by Gasteiger charge is -2.46. The zero-order valence-corrected chi connectivity index (χ0v) is 16.4. The second kappa shape index (κ2) is 6.92. The summed E-state index contributed by atoms with van der Waals surface area (Å²) in [5.74, 6) is 1.48. The van der Waals surface area contributed by atoms with Gasteiger partial charge in [0, 0.05) is 31.4 Å². The Labute approximate surface area is 157 Å². The van der Waals surface area contributed by atoms with Gasteiger partial charge in [0.1, 0.15) is 11.5 Å². The molecule has 0 amide bonds. The van der Waals surface area contributed by atoms with Gasteiger partial charge in [-0.25, -0.2) is 0 Å². The predicted octanol–water partition coefficient (Wildman–Crippen LogP) is 6.17. The molecule has 1 heterocycles. The SMILES string of the molecule is COC12CCC(=C(C)C)C(C1)c1c(O)cc(C3CCCCCC3)cc1O2. The number of benzene rings is 1. The Morgan fingerprint density at radius 3 is 2.54 bits per heavy atom. The van der Waals surface area contributed by atoms with E-state index in [1.54, 1.807) is 7.11 Å². The fraction of sp³-hybridized carbons (Fsp3) is 0.652. The summed E-state index contributed by atoms with van der Waals surface area (Å²) in [6.07, 6.45) is 10.3. The van der Waals surface area contributed by atoms with Crippen LogP contribution in [0.4, 0.5) is 0 Å². The number of phenols is 1. The molecule has 26 heavy (non-hydrogen) atoms. The van der Waals surface area contributed by atoms with Crippen LogP contribution in [0.1, 0.15) is 94.6 Å². The molecule has 3 aliphatic rings. The van der Waals surface area contributed by atoms with E-state index in [1.165, 1.54) is 55.2 Å². The molecule has 1 aromatic carbocycles. The van der Waals surface area contributed by atoms with Crippen LogP contribution in [0, 0.1) is 0 Å². The molecule has 2 saturated carbocycles. The first kappa shape index (κ1) is 17.9. The van der Waals surface area contributed by atoms with Gasteiger partial charge in [0.05, 0.1) is 0 Å². The maximum atomic E-state index is 11.0. The van der Waals surface area contributed by atoms with Crippen molar-refractivity contribution in [3.63, 3.8) is 0 Å². The van der Waals surface area contributed by atoms with Gasteiger partial charge in [-0.1, -0.05) is 36.8 Å². The number of hydrogen-bond acceptors (Lipinski definition) is 3. The van der Waals surface area contributed by atoms with Gasteiger partial charge in [0.15, 0.2) is 0 Å². The molecule has 0 aromatic heterocycles. The summed E-state index contributed by atoms with van der Waals surface area (Å²) < 4.78 is 12.3. The van der Waals surface area contributed by atoms with Gasteiger partial charge in [0.25, 0.3) is 0 Å². The molecule has 142 valence electrons. The highest BCUT2D eigenvalue weighted by molar-refractivity contribution is 5.55.